The molecular formula is C10H23N2OP. The lowest BCUT2D eigenvalue weighted by Gasteiger charge is -2.35. The predicted molar refractivity (Wildman–Crippen MR) is 63.6 cm³/mol. The average Bonchev–Trinajstić information content (AvgIpc) is 2.21. The Hall–Kier alpha value is -0.110. The molecule has 0 aliphatic carbocycles. The second-order valence-corrected chi connectivity index (χ2v) is 5.72. The minimum absolute atomic E-state index is 0.802. The van der Waals surface area contributed by atoms with E-state index in [2.05, 4.69) is 6.58 Å². The van der Waals surface area contributed by atoms with Crippen molar-refractivity contribution >= 4 is 7.44 Å². The normalized spacial score (nSPS) is 12.4. The van der Waals surface area contributed by atoms with E-state index in [9.17, 15) is 4.57 Å². The summed E-state index contributed by atoms with van der Waals surface area (Å²) in [4.78, 5) is 0. The molecule has 0 rings (SSSR count). The Kier molecular flexibility index (Phi) is 6.34. The third kappa shape index (κ3) is 2.69. The molecule has 0 aliphatic heterocycles. The molecular weight excluding hydrogens is 195 g/mol. The molecule has 14 heavy (non-hydrogen) atoms. The first-order valence-electron chi connectivity index (χ1n) is 5.34. The van der Waals surface area contributed by atoms with Crippen molar-refractivity contribution in [3.8, 4) is 0 Å². The van der Waals surface area contributed by atoms with Crippen LogP contribution in [0.1, 0.15) is 27.7 Å². The quantitative estimate of drug-likeness (QED) is 0.614. The Balaban J connectivity index is 4.93. The Labute approximate surface area is 88.3 Å². The lowest BCUT2D eigenvalue weighted by Crippen LogP contribution is -2.30. The van der Waals surface area contributed by atoms with Gasteiger partial charge in [-0.15, -0.1) is 0 Å². The van der Waals surface area contributed by atoms with E-state index in [4.69, 9.17) is 0 Å². The maximum absolute atomic E-state index is 12.6. The van der Waals surface area contributed by atoms with Crippen molar-refractivity contribution in [3.05, 3.63) is 12.4 Å². The summed E-state index contributed by atoms with van der Waals surface area (Å²) in [6.45, 7) is 15.1. The van der Waals surface area contributed by atoms with Crippen LogP contribution in [-0.2, 0) is 4.57 Å². The molecule has 0 unspecified atom stereocenters. The zero-order chi connectivity index (χ0) is 11.2. The van der Waals surface area contributed by atoms with Crippen LogP contribution in [0.5, 0.6) is 0 Å². The van der Waals surface area contributed by atoms with Gasteiger partial charge in [-0.1, -0.05) is 34.3 Å². The molecule has 0 saturated carbocycles. The molecule has 0 aromatic rings. The van der Waals surface area contributed by atoms with Crippen molar-refractivity contribution in [2.75, 3.05) is 26.2 Å². The predicted octanol–water partition coefficient (Wildman–Crippen LogP) is 3.01. The monoisotopic (exact) mass is 218 g/mol. The van der Waals surface area contributed by atoms with Crippen LogP contribution in [0.4, 0.5) is 0 Å². The number of rotatable bonds is 7. The van der Waals surface area contributed by atoms with Gasteiger partial charge in [-0.2, -0.15) is 0 Å². The second kappa shape index (κ2) is 6.39. The van der Waals surface area contributed by atoms with Crippen LogP contribution >= 0.6 is 7.44 Å². The number of nitrogens with zero attached hydrogens (tertiary/aromatic N) is 2. The van der Waals surface area contributed by atoms with E-state index >= 15 is 0 Å². The maximum Gasteiger partial charge on any atom is 0.238 e. The first kappa shape index (κ1) is 13.9. The molecule has 0 aliphatic rings. The molecule has 0 N–H and O–H groups in total. The molecule has 0 bridgehead atoms. The van der Waals surface area contributed by atoms with Crippen LogP contribution in [0.2, 0.25) is 0 Å². The zero-order valence-corrected chi connectivity index (χ0v) is 10.8. The van der Waals surface area contributed by atoms with Gasteiger partial charge in [0.05, 0.1) is 0 Å². The molecule has 4 heteroatoms. The van der Waals surface area contributed by atoms with Crippen LogP contribution in [0.15, 0.2) is 12.4 Å². The van der Waals surface area contributed by atoms with Gasteiger partial charge in [0.25, 0.3) is 0 Å². The number of hydrogen-bond acceptors (Lipinski definition) is 1. The summed E-state index contributed by atoms with van der Waals surface area (Å²) in [5, 5.41) is 0. The van der Waals surface area contributed by atoms with Gasteiger partial charge in [-0.25, -0.2) is 9.34 Å². The van der Waals surface area contributed by atoms with Gasteiger partial charge in [0.15, 0.2) is 0 Å². The van der Waals surface area contributed by atoms with Gasteiger partial charge in [0.2, 0.25) is 7.44 Å². The fourth-order valence-electron chi connectivity index (χ4n) is 1.67. The summed E-state index contributed by atoms with van der Waals surface area (Å²) >= 11 is 0. The fourth-order valence-corrected chi connectivity index (χ4v) is 4.11. The summed E-state index contributed by atoms with van der Waals surface area (Å²) in [5.74, 6) is 1.62. The SMILES string of the molecule is C=CP(=O)(N(CC)CC)N(CC)CC. The smallest absolute Gasteiger partial charge is 0.238 e. The molecule has 3 nitrogen and oxygen atoms in total. The van der Waals surface area contributed by atoms with E-state index < -0.39 is 7.44 Å². The summed E-state index contributed by atoms with van der Waals surface area (Å²) in [6, 6.07) is 0. The topological polar surface area (TPSA) is 23.6 Å². The highest BCUT2D eigenvalue weighted by molar-refractivity contribution is 7.62. The Bertz CT molecular complexity index is 194. The highest BCUT2D eigenvalue weighted by Gasteiger charge is 2.30. The van der Waals surface area contributed by atoms with Gasteiger partial charge < -0.3 is 0 Å². The van der Waals surface area contributed by atoms with Gasteiger partial charge in [-0.3, -0.25) is 4.57 Å². The Morgan fingerprint density at radius 2 is 1.29 bits per heavy atom. The van der Waals surface area contributed by atoms with Crippen LogP contribution in [0, 0.1) is 0 Å². The maximum atomic E-state index is 12.6. The van der Waals surface area contributed by atoms with Crippen molar-refractivity contribution in [1.29, 1.82) is 0 Å². The highest BCUT2D eigenvalue weighted by atomic mass is 31.2. The molecule has 0 amide bonds. The second-order valence-electron chi connectivity index (χ2n) is 3.05. The molecule has 0 aromatic heterocycles. The van der Waals surface area contributed by atoms with E-state index in [1.807, 2.05) is 37.0 Å². The third-order valence-electron chi connectivity index (χ3n) is 2.51. The van der Waals surface area contributed by atoms with Gasteiger partial charge >= 0.3 is 0 Å². The number of hydrogen-bond donors (Lipinski definition) is 0. The van der Waals surface area contributed by atoms with E-state index in [1.54, 1.807) is 5.82 Å². The minimum atomic E-state index is -2.49. The fraction of sp³-hybridized carbons (Fsp3) is 0.800. The first-order chi connectivity index (χ1) is 6.60. The van der Waals surface area contributed by atoms with Crippen molar-refractivity contribution < 1.29 is 4.57 Å². The van der Waals surface area contributed by atoms with Crippen molar-refractivity contribution in [2.45, 2.75) is 27.7 Å². The molecule has 0 aromatic carbocycles. The largest absolute Gasteiger partial charge is 0.284 e. The van der Waals surface area contributed by atoms with E-state index in [0.29, 0.717) is 0 Å². The van der Waals surface area contributed by atoms with E-state index in [-0.39, 0.29) is 0 Å². The standard InChI is InChI=1S/C10H23N2OP/c1-6-11(7-2)14(13,10-5)12(8-3)9-4/h10H,5-9H2,1-4H3. The van der Waals surface area contributed by atoms with E-state index in [0.717, 1.165) is 26.2 Å². The minimum Gasteiger partial charge on any atom is -0.284 e. The third-order valence-corrected chi connectivity index (χ3v) is 5.74. The molecule has 0 atom stereocenters. The van der Waals surface area contributed by atoms with Gasteiger partial charge in [-0.05, 0) is 5.82 Å². The average molecular weight is 218 g/mol. The van der Waals surface area contributed by atoms with Crippen LogP contribution in [0.3, 0.4) is 0 Å². The molecule has 0 fully saturated rings. The zero-order valence-electron chi connectivity index (χ0n) is 9.86. The van der Waals surface area contributed by atoms with Crippen molar-refractivity contribution in [2.24, 2.45) is 0 Å². The summed E-state index contributed by atoms with van der Waals surface area (Å²) in [5.41, 5.74) is 0. The molecule has 0 saturated heterocycles. The van der Waals surface area contributed by atoms with E-state index in [1.165, 1.54) is 0 Å². The Morgan fingerprint density at radius 3 is 1.43 bits per heavy atom. The molecule has 0 heterocycles. The Morgan fingerprint density at radius 1 is 1.00 bits per heavy atom. The van der Waals surface area contributed by atoms with Crippen molar-refractivity contribution in [3.63, 3.8) is 0 Å². The summed E-state index contributed by atoms with van der Waals surface area (Å²) < 4.78 is 16.6. The van der Waals surface area contributed by atoms with Crippen LogP contribution in [0.25, 0.3) is 0 Å². The highest BCUT2D eigenvalue weighted by Crippen LogP contribution is 2.53. The van der Waals surface area contributed by atoms with Crippen LogP contribution in [-0.4, -0.2) is 35.5 Å². The molecule has 0 radical (unpaired) electrons. The molecule has 84 valence electrons. The lowest BCUT2D eigenvalue weighted by molar-refractivity contribution is 0.368. The first-order valence-corrected chi connectivity index (χ1v) is 7.02. The van der Waals surface area contributed by atoms with Gasteiger partial charge in [0, 0.05) is 26.2 Å². The molecule has 0 spiro atoms. The lowest BCUT2D eigenvalue weighted by atomic mass is 10.7. The van der Waals surface area contributed by atoms with Gasteiger partial charge in [0.1, 0.15) is 0 Å². The van der Waals surface area contributed by atoms with Crippen LogP contribution < -0.4 is 0 Å². The van der Waals surface area contributed by atoms with Crippen molar-refractivity contribution in [1.82, 2.24) is 9.34 Å². The summed E-state index contributed by atoms with van der Waals surface area (Å²) in [7, 11) is -2.49. The summed E-state index contributed by atoms with van der Waals surface area (Å²) in [6.07, 6.45) is 0.